The van der Waals surface area contributed by atoms with E-state index in [1.54, 1.807) is 24.1 Å². The fourth-order valence-electron chi connectivity index (χ4n) is 3.80. The van der Waals surface area contributed by atoms with Gasteiger partial charge in [0.05, 0.1) is 12.7 Å². The van der Waals surface area contributed by atoms with Crippen molar-refractivity contribution in [1.29, 1.82) is 0 Å². The number of nitrogens with one attached hydrogen (secondary N) is 1. The van der Waals surface area contributed by atoms with Crippen molar-refractivity contribution in [1.82, 2.24) is 10.2 Å². The van der Waals surface area contributed by atoms with Crippen molar-refractivity contribution in [3.05, 3.63) is 29.8 Å². The summed E-state index contributed by atoms with van der Waals surface area (Å²) in [5.74, 6) is 0.442. The third kappa shape index (κ3) is 3.55. The van der Waals surface area contributed by atoms with E-state index in [-0.39, 0.29) is 23.9 Å². The number of carbonyl (C=O) groups excluding carboxylic acids is 2. The van der Waals surface area contributed by atoms with Crippen molar-refractivity contribution >= 4 is 11.8 Å². The Morgan fingerprint density at radius 1 is 1.08 bits per heavy atom. The lowest BCUT2D eigenvalue weighted by Gasteiger charge is -2.28. The highest BCUT2D eigenvalue weighted by Crippen LogP contribution is 2.26. The molecule has 0 aromatic heterocycles. The average molecular weight is 330 g/mol. The third-order valence-corrected chi connectivity index (χ3v) is 5.11. The number of nitrogens with zero attached hydrogens (tertiary/aromatic N) is 1. The van der Waals surface area contributed by atoms with Gasteiger partial charge >= 0.3 is 0 Å². The largest absolute Gasteiger partial charge is 0.496 e. The SMILES string of the molecule is COc1ccccc1C(=O)N1CCC[C@H]1C(=O)NC1CCCCC1. The molecule has 1 heterocycles. The Balaban J connectivity index is 1.70. The molecular weight excluding hydrogens is 304 g/mol. The molecule has 1 atom stereocenters. The minimum atomic E-state index is -0.357. The van der Waals surface area contributed by atoms with Crippen LogP contribution in [0.15, 0.2) is 24.3 Å². The molecule has 2 fully saturated rings. The van der Waals surface area contributed by atoms with E-state index in [4.69, 9.17) is 4.74 Å². The molecule has 130 valence electrons. The van der Waals surface area contributed by atoms with Crippen molar-refractivity contribution in [2.45, 2.75) is 57.0 Å². The van der Waals surface area contributed by atoms with Crippen LogP contribution in [0.1, 0.15) is 55.3 Å². The topological polar surface area (TPSA) is 58.6 Å². The first-order chi connectivity index (χ1) is 11.7. The molecule has 2 aliphatic rings. The molecule has 5 nitrogen and oxygen atoms in total. The predicted molar refractivity (Wildman–Crippen MR) is 92.1 cm³/mol. The fraction of sp³-hybridized carbons (Fsp3) is 0.579. The maximum absolute atomic E-state index is 12.9. The van der Waals surface area contributed by atoms with Gasteiger partial charge in [-0.05, 0) is 37.8 Å². The summed E-state index contributed by atoms with van der Waals surface area (Å²) in [7, 11) is 1.56. The van der Waals surface area contributed by atoms with Crippen molar-refractivity contribution in [2.75, 3.05) is 13.7 Å². The number of ether oxygens (including phenoxy) is 1. The number of amides is 2. The molecule has 0 radical (unpaired) electrons. The van der Waals surface area contributed by atoms with E-state index in [9.17, 15) is 9.59 Å². The lowest BCUT2D eigenvalue weighted by molar-refractivity contribution is -0.125. The molecule has 1 saturated carbocycles. The molecule has 1 saturated heterocycles. The molecule has 3 rings (SSSR count). The van der Waals surface area contributed by atoms with Crippen LogP contribution in [-0.4, -0.2) is 42.5 Å². The van der Waals surface area contributed by atoms with Crippen LogP contribution in [0, 0.1) is 0 Å². The van der Waals surface area contributed by atoms with Crippen molar-refractivity contribution < 1.29 is 14.3 Å². The monoisotopic (exact) mass is 330 g/mol. The summed E-state index contributed by atoms with van der Waals surface area (Å²) in [6, 6.07) is 7.12. The Bertz CT molecular complexity index is 596. The second kappa shape index (κ2) is 7.69. The van der Waals surface area contributed by atoms with E-state index >= 15 is 0 Å². The van der Waals surface area contributed by atoms with Crippen LogP contribution >= 0.6 is 0 Å². The maximum atomic E-state index is 12.9. The smallest absolute Gasteiger partial charge is 0.258 e. The van der Waals surface area contributed by atoms with Crippen LogP contribution in [0.4, 0.5) is 0 Å². The molecule has 0 bridgehead atoms. The summed E-state index contributed by atoms with van der Waals surface area (Å²) in [6.07, 6.45) is 7.33. The molecule has 0 spiro atoms. The quantitative estimate of drug-likeness (QED) is 0.923. The van der Waals surface area contributed by atoms with Gasteiger partial charge in [-0.2, -0.15) is 0 Å². The zero-order chi connectivity index (χ0) is 16.9. The van der Waals surface area contributed by atoms with Crippen LogP contribution in [0.3, 0.4) is 0 Å². The van der Waals surface area contributed by atoms with Gasteiger partial charge in [0, 0.05) is 12.6 Å². The van der Waals surface area contributed by atoms with E-state index in [0.29, 0.717) is 17.9 Å². The van der Waals surface area contributed by atoms with E-state index in [1.807, 2.05) is 12.1 Å². The number of rotatable bonds is 4. The summed E-state index contributed by atoms with van der Waals surface area (Å²) >= 11 is 0. The molecule has 0 unspecified atom stereocenters. The molecule has 1 aliphatic carbocycles. The van der Waals surface area contributed by atoms with Crippen LogP contribution in [0.25, 0.3) is 0 Å². The number of para-hydroxylation sites is 1. The van der Waals surface area contributed by atoms with Gasteiger partial charge in [-0.3, -0.25) is 9.59 Å². The lowest BCUT2D eigenvalue weighted by Crippen LogP contribution is -2.49. The normalized spacial score (nSPS) is 21.5. The highest BCUT2D eigenvalue weighted by molar-refractivity contribution is 6.00. The van der Waals surface area contributed by atoms with Crippen LogP contribution in [0.2, 0.25) is 0 Å². The van der Waals surface area contributed by atoms with E-state index in [0.717, 1.165) is 25.7 Å². The summed E-state index contributed by atoms with van der Waals surface area (Å²) in [4.78, 5) is 27.3. The van der Waals surface area contributed by atoms with E-state index in [1.165, 1.54) is 19.3 Å². The zero-order valence-electron chi connectivity index (χ0n) is 14.3. The second-order valence-electron chi connectivity index (χ2n) is 6.70. The van der Waals surface area contributed by atoms with Gasteiger partial charge in [0.1, 0.15) is 11.8 Å². The number of likely N-dealkylation sites (tertiary alicyclic amines) is 1. The average Bonchev–Trinajstić information content (AvgIpc) is 3.12. The van der Waals surface area contributed by atoms with Gasteiger partial charge in [-0.15, -0.1) is 0 Å². The molecule has 1 aromatic carbocycles. The summed E-state index contributed by atoms with van der Waals surface area (Å²) in [6.45, 7) is 0.625. The number of hydrogen-bond donors (Lipinski definition) is 1. The van der Waals surface area contributed by atoms with Gasteiger partial charge in [-0.1, -0.05) is 31.4 Å². The number of carbonyl (C=O) groups is 2. The fourth-order valence-corrected chi connectivity index (χ4v) is 3.80. The summed E-state index contributed by atoms with van der Waals surface area (Å²) < 4.78 is 5.30. The van der Waals surface area contributed by atoms with Crippen LogP contribution in [0.5, 0.6) is 5.75 Å². The first-order valence-electron chi connectivity index (χ1n) is 8.95. The van der Waals surface area contributed by atoms with Gasteiger partial charge in [0.15, 0.2) is 0 Å². The van der Waals surface area contributed by atoms with Crippen LogP contribution in [-0.2, 0) is 4.79 Å². The molecule has 2 amide bonds. The number of hydrogen-bond acceptors (Lipinski definition) is 3. The van der Waals surface area contributed by atoms with Crippen molar-refractivity contribution in [3.63, 3.8) is 0 Å². The zero-order valence-corrected chi connectivity index (χ0v) is 14.3. The number of benzene rings is 1. The first-order valence-corrected chi connectivity index (χ1v) is 8.95. The molecular formula is C19H26N2O3. The highest BCUT2D eigenvalue weighted by atomic mass is 16.5. The van der Waals surface area contributed by atoms with Gasteiger partial charge in [0.25, 0.3) is 5.91 Å². The third-order valence-electron chi connectivity index (χ3n) is 5.11. The van der Waals surface area contributed by atoms with Gasteiger partial charge < -0.3 is 15.0 Å². The minimum Gasteiger partial charge on any atom is -0.496 e. The Kier molecular flexibility index (Phi) is 5.38. The molecule has 1 aromatic rings. The first kappa shape index (κ1) is 16.8. The standard InChI is InChI=1S/C19H26N2O3/c1-24-17-12-6-5-10-15(17)19(23)21-13-7-11-16(21)18(22)20-14-8-3-2-4-9-14/h5-6,10,12,14,16H,2-4,7-9,11,13H2,1H3,(H,20,22)/t16-/m0/s1. The predicted octanol–water partition coefficient (Wildman–Crippen LogP) is 2.75. The maximum Gasteiger partial charge on any atom is 0.258 e. The van der Waals surface area contributed by atoms with Crippen molar-refractivity contribution in [2.24, 2.45) is 0 Å². The Morgan fingerprint density at radius 3 is 2.58 bits per heavy atom. The Hall–Kier alpha value is -2.04. The van der Waals surface area contributed by atoms with Crippen LogP contribution < -0.4 is 10.1 Å². The lowest BCUT2D eigenvalue weighted by atomic mass is 9.95. The van der Waals surface area contributed by atoms with Gasteiger partial charge in [0.2, 0.25) is 5.91 Å². The molecule has 1 N–H and O–H groups in total. The molecule has 5 heteroatoms. The minimum absolute atomic E-state index is 0.00245. The number of methoxy groups -OCH3 is 1. The molecule has 1 aliphatic heterocycles. The Morgan fingerprint density at radius 2 is 1.83 bits per heavy atom. The highest BCUT2D eigenvalue weighted by Gasteiger charge is 2.36. The summed E-state index contributed by atoms with van der Waals surface area (Å²) in [5, 5.41) is 3.16. The second-order valence-corrected chi connectivity index (χ2v) is 6.70. The van der Waals surface area contributed by atoms with Crippen molar-refractivity contribution in [3.8, 4) is 5.75 Å². The summed E-state index contributed by atoms with van der Waals surface area (Å²) in [5.41, 5.74) is 0.525. The van der Waals surface area contributed by atoms with E-state index < -0.39 is 0 Å². The van der Waals surface area contributed by atoms with Gasteiger partial charge in [-0.25, -0.2) is 0 Å². The Labute approximate surface area is 143 Å². The molecule has 24 heavy (non-hydrogen) atoms. The van der Waals surface area contributed by atoms with E-state index in [2.05, 4.69) is 5.32 Å².